The molecular formula is C25H18Cl3NO5. The maximum atomic E-state index is 13.2. The number of aromatic hydroxyl groups is 1. The van der Waals surface area contributed by atoms with E-state index < -0.39 is 23.5 Å². The van der Waals surface area contributed by atoms with E-state index in [0.29, 0.717) is 28.6 Å². The van der Waals surface area contributed by atoms with Crippen molar-refractivity contribution in [2.24, 2.45) is 0 Å². The van der Waals surface area contributed by atoms with Gasteiger partial charge in [-0.2, -0.15) is 0 Å². The number of phenols is 1. The second-order valence-electron chi connectivity index (χ2n) is 7.44. The van der Waals surface area contributed by atoms with Crippen molar-refractivity contribution in [3.05, 3.63) is 92.4 Å². The Morgan fingerprint density at radius 1 is 0.941 bits per heavy atom. The summed E-state index contributed by atoms with van der Waals surface area (Å²) in [7, 11) is 0. The predicted molar refractivity (Wildman–Crippen MR) is 132 cm³/mol. The molecule has 0 bridgehead atoms. The van der Waals surface area contributed by atoms with Crippen LogP contribution in [0.2, 0.25) is 15.1 Å². The van der Waals surface area contributed by atoms with Crippen LogP contribution in [-0.4, -0.2) is 28.5 Å². The van der Waals surface area contributed by atoms with Crippen molar-refractivity contribution in [2.45, 2.75) is 13.0 Å². The molecule has 1 saturated heterocycles. The number of aliphatic hydroxyl groups is 1. The molecule has 6 nitrogen and oxygen atoms in total. The summed E-state index contributed by atoms with van der Waals surface area (Å²) in [6.07, 6.45) is 0. The molecule has 174 valence electrons. The Morgan fingerprint density at radius 3 is 2.26 bits per heavy atom. The molecule has 0 aliphatic carbocycles. The number of amides is 1. The van der Waals surface area contributed by atoms with Gasteiger partial charge in [-0.05, 0) is 61.0 Å². The quantitative estimate of drug-likeness (QED) is 0.233. The van der Waals surface area contributed by atoms with Gasteiger partial charge >= 0.3 is 0 Å². The lowest BCUT2D eigenvalue weighted by Gasteiger charge is -2.25. The number of carbonyl (C=O) groups is 2. The molecule has 1 fully saturated rings. The van der Waals surface area contributed by atoms with Crippen LogP contribution in [0.25, 0.3) is 5.76 Å². The van der Waals surface area contributed by atoms with Crippen molar-refractivity contribution in [1.82, 2.24) is 0 Å². The van der Waals surface area contributed by atoms with Crippen LogP contribution < -0.4 is 9.64 Å². The Bertz CT molecular complexity index is 1320. The van der Waals surface area contributed by atoms with E-state index >= 15 is 0 Å². The molecule has 1 aliphatic rings. The maximum Gasteiger partial charge on any atom is 0.300 e. The van der Waals surface area contributed by atoms with Crippen molar-refractivity contribution in [3.63, 3.8) is 0 Å². The minimum atomic E-state index is -0.996. The Morgan fingerprint density at radius 2 is 1.62 bits per heavy atom. The van der Waals surface area contributed by atoms with Gasteiger partial charge in [0.1, 0.15) is 17.3 Å². The largest absolute Gasteiger partial charge is 0.508 e. The van der Waals surface area contributed by atoms with Crippen LogP contribution in [0, 0.1) is 0 Å². The van der Waals surface area contributed by atoms with Crippen molar-refractivity contribution in [1.29, 1.82) is 0 Å². The van der Waals surface area contributed by atoms with Gasteiger partial charge in [0.15, 0.2) is 0 Å². The average molecular weight is 519 g/mol. The molecule has 2 N–H and O–H groups in total. The first kappa shape index (κ1) is 24.0. The van der Waals surface area contributed by atoms with Crippen molar-refractivity contribution >= 4 is 57.9 Å². The molecule has 1 heterocycles. The minimum absolute atomic E-state index is 0.00861. The molecule has 4 rings (SSSR count). The van der Waals surface area contributed by atoms with Crippen LogP contribution in [0.1, 0.15) is 24.1 Å². The standard InChI is InChI=1S/C25H18Cl3NO5/c1-2-34-20-11-14(5-9-18(20)27)23(31)21-22(13-3-7-16(30)8-4-13)29(25(33)24(21)32)15-6-10-17(26)19(28)12-15/h3-12,22,30-31H,2H2,1H3/b23-21+. The second-order valence-corrected chi connectivity index (χ2v) is 8.66. The molecule has 0 spiro atoms. The van der Waals surface area contributed by atoms with E-state index in [1.165, 1.54) is 47.4 Å². The summed E-state index contributed by atoms with van der Waals surface area (Å²) in [6, 6.07) is 14.1. The highest BCUT2D eigenvalue weighted by atomic mass is 35.5. The number of aliphatic hydroxyl groups excluding tert-OH is 1. The Balaban J connectivity index is 1.94. The topological polar surface area (TPSA) is 87.1 Å². The zero-order valence-corrected chi connectivity index (χ0v) is 20.0. The van der Waals surface area contributed by atoms with Crippen molar-refractivity contribution in [2.75, 3.05) is 11.5 Å². The Labute approximate surface area is 210 Å². The van der Waals surface area contributed by atoms with Crippen LogP contribution in [-0.2, 0) is 9.59 Å². The summed E-state index contributed by atoms with van der Waals surface area (Å²) >= 11 is 18.4. The van der Waals surface area contributed by atoms with Gasteiger partial charge in [-0.3, -0.25) is 14.5 Å². The fourth-order valence-electron chi connectivity index (χ4n) is 3.78. The smallest absolute Gasteiger partial charge is 0.300 e. The maximum absolute atomic E-state index is 13.2. The highest BCUT2D eigenvalue weighted by Crippen LogP contribution is 2.44. The molecule has 1 unspecified atom stereocenters. The summed E-state index contributed by atoms with van der Waals surface area (Å²) in [5, 5.41) is 21.8. The molecule has 9 heteroatoms. The second kappa shape index (κ2) is 9.58. The summed E-state index contributed by atoms with van der Waals surface area (Å²) in [5.41, 5.74) is 0.929. The number of halogens is 3. The Kier molecular flexibility index (Phi) is 6.75. The number of ether oxygens (including phenoxy) is 1. The number of phenolic OH excluding ortho intramolecular Hbond substituents is 1. The zero-order valence-electron chi connectivity index (χ0n) is 17.8. The number of nitrogens with zero attached hydrogens (tertiary/aromatic N) is 1. The van der Waals surface area contributed by atoms with Gasteiger partial charge in [-0.25, -0.2) is 0 Å². The SMILES string of the molecule is CCOc1cc(/C(O)=C2\C(=O)C(=O)N(c3ccc(Cl)c(Cl)c3)C2c2ccc(O)cc2)ccc1Cl. The number of carbonyl (C=O) groups excluding carboxylic acids is 2. The average Bonchev–Trinajstić information content (AvgIpc) is 3.08. The molecule has 1 amide bonds. The molecule has 3 aromatic carbocycles. The normalized spacial score (nSPS) is 17.3. The van der Waals surface area contributed by atoms with Crippen molar-refractivity contribution < 1.29 is 24.5 Å². The van der Waals surface area contributed by atoms with E-state index in [-0.39, 0.29) is 26.9 Å². The summed E-state index contributed by atoms with van der Waals surface area (Å²) in [4.78, 5) is 27.6. The van der Waals surface area contributed by atoms with Crippen LogP contribution >= 0.6 is 34.8 Å². The first-order valence-corrected chi connectivity index (χ1v) is 11.3. The van der Waals surface area contributed by atoms with Gasteiger partial charge in [0.05, 0.1) is 33.3 Å². The van der Waals surface area contributed by atoms with Gasteiger partial charge in [0, 0.05) is 11.3 Å². The first-order chi connectivity index (χ1) is 16.2. The third kappa shape index (κ3) is 4.32. The Hall–Kier alpha value is -3.19. The molecule has 0 saturated carbocycles. The lowest BCUT2D eigenvalue weighted by Crippen LogP contribution is -2.29. The number of Topliss-reactive ketones (excluding diaryl/α,β-unsaturated/α-hetero) is 1. The van der Waals surface area contributed by atoms with E-state index in [2.05, 4.69) is 0 Å². The zero-order chi connectivity index (χ0) is 24.6. The summed E-state index contributed by atoms with van der Waals surface area (Å²) < 4.78 is 5.49. The summed E-state index contributed by atoms with van der Waals surface area (Å²) in [5.74, 6) is -1.79. The van der Waals surface area contributed by atoms with E-state index in [4.69, 9.17) is 39.5 Å². The van der Waals surface area contributed by atoms with Gasteiger partial charge in [-0.15, -0.1) is 0 Å². The first-order valence-electron chi connectivity index (χ1n) is 10.2. The minimum Gasteiger partial charge on any atom is -0.508 e. The van der Waals surface area contributed by atoms with E-state index in [1.54, 1.807) is 25.1 Å². The van der Waals surface area contributed by atoms with Crippen LogP contribution in [0.15, 0.2) is 66.2 Å². The molecule has 3 aromatic rings. The third-order valence-electron chi connectivity index (χ3n) is 5.34. The molecule has 1 aliphatic heterocycles. The molecule has 1 atom stereocenters. The van der Waals surface area contributed by atoms with Crippen LogP contribution in [0.3, 0.4) is 0 Å². The summed E-state index contributed by atoms with van der Waals surface area (Å²) in [6.45, 7) is 2.13. The number of anilines is 1. The predicted octanol–water partition coefficient (Wildman–Crippen LogP) is 6.38. The highest BCUT2D eigenvalue weighted by Gasteiger charge is 2.47. The van der Waals surface area contributed by atoms with Gasteiger partial charge in [-0.1, -0.05) is 46.9 Å². The molecule has 0 radical (unpaired) electrons. The lowest BCUT2D eigenvalue weighted by molar-refractivity contribution is -0.132. The fourth-order valence-corrected chi connectivity index (χ4v) is 4.24. The molecule has 0 aromatic heterocycles. The van der Waals surface area contributed by atoms with Crippen LogP contribution in [0.4, 0.5) is 5.69 Å². The molecular weight excluding hydrogens is 501 g/mol. The number of benzene rings is 3. The fraction of sp³-hybridized carbons (Fsp3) is 0.120. The highest BCUT2D eigenvalue weighted by molar-refractivity contribution is 6.52. The van der Waals surface area contributed by atoms with Gasteiger partial charge in [0.2, 0.25) is 0 Å². The van der Waals surface area contributed by atoms with Crippen LogP contribution in [0.5, 0.6) is 11.5 Å². The number of hydrogen-bond donors (Lipinski definition) is 2. The van der Waals surface area contributed by atoms with Gasteiger partial charge < -0.3 is 14.9 Å². The van der Waals surface area contributed by atoms with E-state index in [1.807, 2.05) is 0 Å². The lowest BCUT2D eigenvalue weighted by atomic mass is 9.95. The van der Waals surface area contributed by atoms with E-state index in [0.717, 1.165) is 0 Å². The third-order valence-corrected chi connectivity index (χ3v) is 6.39. The number of ketones is 1. The van der Waals surface area contributed by atoms with E-state index in [9.17, 15) is 19.8 Å². The molecule has 34 heavy (non-hydrogen) atoms. The number of rotatable bonds is 5. The van der Waals surface area contributed by atoms with Crippen molar-refractivity contribution in [3.8, 4) is 11.5 Å². The number of hydrogen-bond acceptors (Lipinski definition) is 5. The van der Waals surface area contributed by atoms with Gasteiger partial charge in [0.25, 0.3) is 11.7 Å². The monoisotopic (exact) mass is 517 g/mol.